The average molecular weight is 613 g/mol. The van der Waals surface area contributed by atoms with Crippen LogP contribution in [-0.4, -0.2) is 21.8 Å². The summed E-state index contributed by atoms with van der Waals surface area (Å²) >= 11 is 0. The Morgan fingerprint density at radius 1 is 0.417 bits per heavy atom. The normalized spacial score (nSPS) is 12.8. The molecule has 0 unspecified atom stereocenters. The number of allylic oxidation sites excluding steroid dienone is 2. The van der Waals surface area contributed by atoms with Gasteiger partial charge in [0.25, 0.3) is 0 Å². The van der Waals surface area contributed by atoms with E-state index >= 15 is 0 Å². The third-order valence-electron chi connectivity index (χ3n) is 9.14. The summed E-state index contributed by atoms with van der Waals surface area (Å²) in [6.07, 6.45) is 6.46. The molecule has 0 saturated heterocycles. The van der Waals surface area contributed by atoms with E-state index in [1.807, 2.05) is 60.7 Å². The van der Waals surface area contributed by atoms with E-state index in [9.17, 15) is 0 Å². The third kappa shape index (κ3) is 4.93. The van der Waals surface area contributed by atoms with Gasteiger partial charge in [0.2, 0.25) is 0 Å². The Morgan fingerprint density at radius 3 is 1.56 bits per heavy atom. The van der Waals surface area contributed by atoms with Gasteiger partial charge in [-0.25, -0.2) is 15.0 Å². The molecular weight excluding hydrogens is 583 g/mol. The van der Waals surface area contributed by atoms with E-state index in [4.69, 9.17) is 15.0 Å². The largest absolute Gasteiger partial charge is 0.383 e. The lowest BCUT2D eigenvalue weighted by molar-refractivity contribution is 1.07. The summed E-state index contributed by atoms with van der Waals surface area (Å²) in [5.74, 6) is 4.22. The number of benzene rings is 6. The van der Waals surface area contributed by atoms with Crippen LogP contribution >= 0.6 is 0 Å². The summed E-state index contributed by atoms with van der Waals surface area (Å²) in [5.41, 5.74) is 12.4. The van der Waals surface area contributed by atoms with Gasteiger partial charge in [0.1, 0.15) is 0 Å². The number of hydrogen-bond acceptors (Lipinski definition) is 4. The highest BCUT2D eigenvalue weighted by atomic mass is 15.1. The first-order valence-electron chi connectivity index (χ1n) is 16.2. The van der Waals surface area contributed by atoms with Crippen molar-refractivity contribution >= 4 is 18.0 Å². The first-order valence-corrected chi connectivity index (χ1v) is 16.2. The lowest BCUT2D eigenvalue weighted by Gasteiger charge is -2.38. The highest BCUT2D eigenvalue weighted by molar-refractivity contribution is 6.84. The fourth-order valence-corrected chi connectivity index (χ4v) is 6.85. The molecule has 0 amide bonds. The molecule has 0 radical (unpaired) electrons. The predicted molar refractivity (Wildman–Crippen MR) is 199 cm³/mol. The summed E-state index contributed by atoms with van der Waals surface area (Å²) in [6.45, 7) is 0.0538. The van der Waals surface area contributed by atoms with Crippen LogP contribution in [0.15, 0.2) is 176 Å². The number of anilines is 1. The van der Waals surface area contributed by atoms with E-state index in [2.05, 4.69) is 120 Å². The van der Waals surface area contributed by atoms with Crippen molar-refractivity contribution in [2.75, 3.05) is 4.81 Å². The Labute approximate surface area is 280 Å². The van der Waals surface area contributed by atoms with E-state index in [1.165, 1.54) is 27.7 Å². The zero-order chi connectivity index (χ0) is 31.9. The lowest BCUT2D eigenvalue weighted by Crippen LogP contribution is -2.49. The summed E-state index contributed by atoms with van der Waals surface area (Å²) in [6, 6.07) is 53.0. The van der Waals surface area contributed by atoms with Crippen LogP contribution in [0.25, 0.3) is 67.5 Å². The maximum absolute atomic E-state index is 5.10. The molecule has 0 aliphatic carbocycles. The topological polar surface area (TPSA) is 41.9 Å². The van der Waals surface area contributed by atoms with Crippen molar-refractivity contribution in [2.24, 2.45) is 0 Å². The van der Waals surface area contributed by atoms with Gasteiger partial charge in [0.05, 0.1) is 0 Å². The SMILES string of the molecule is C1=CB2c3cc(-c4ccccc4)ccc3-c3c(-c4ccccc4)cc(-c4nc(-c5ccccc5)nc(-c5ccccc5)n4)cc3N2C=C1. The second-order valence-corrected chi connectivity index (χ2v) is 12.1. The number of fused-ring (bicyclic) bond motifs is 6. The van der Waals surface area contributed by atoms with Gasteiger partial charge in [0, 0.05) is 27.9 Å². The summed E-state index contributed by atoms with van der Waals surface area (Å²) in [5, 5.41) is 0. The molecule has 7 aromatic rings. The average Bonchev–Trinajstić information content (AvgIpc) is 3.18. The quantitative estimate of drug-likeness (QED) is 0.182. The predicted octanol–water partition coefficient (Wildman–Crippen LogP) is 9.51. The van der Waals surface area contributed by atoms with Gasteiger partial charge in [-0.1, -0.05) is 152 Å². The van der Waals surface area contributed by atoms with Crippen molar-refractivity contribution < 1.29 is 0 Å². The molecule has 0 spiro atoms. The Morgan fingerprint density at radius 2 is 0.958 bits per heavy atom. The standard InChI is InChI=1S/C43H29BN4/c1-5-15-30(16-6-1)34-23-24-36-38(28-34)44-25-13-14-26-48(44)39-29-35(27-37(40(36)39)31-17-7-2-8-18-31)43-46-41(32-19-9-3-10-20-32)45-42(47-43)33-21-11-4-12-22-33/h1-29H. The van der Waals surface area contributed by atoms with Crippen LogP contribution in [-0.2, 0) is 0 Å². The van der Waals surface area contributed by atoms with Gasteiger partial charge in [0.15, 0.2) is 17.5 Å². The molecule has 9 rings (SSSR count). The van der Waals surface area contributed by atoms with Crippen molar-refractivity contribution in [3.63, 3.8) is 0 Å². The van der Waals surface area contributed by atoms with Crippen molar-refractivity contribution in [2.45, 2.75) is 0 Å². The second-order valence-electron chi connectivity index (χ2n) is 12.1. The first-order chi connectivity index (χ1) is 23.8. The van der Waals surface area contributed by atoms with Crippen LogP contribution in [0.5, 0.6) is 0 Å². The Hall–Kier alpha value is -6.33. The van der Waals surface area contributed by atoms with Gasteiger partial charge < -0.3 is 4.81 Å². The van der Waals surface area contributed by atoms with Crippen molar-refractivity contribution in [1.29, 1.82) is 0 Å². The monoisotopic (exact) mass is 612 g/mol. The molecule has 0 bridgehead atoms. The van der Waals surface area contributed by atoms with Gasteiger partial charge in [-0.15, -0.1) is 0 Å². The summed E-state index contributed by atoms with van der Waals surface area (Å²) in [7, 11) is 0. The van der Waals surface area contributed by atoms with Crippen LogP contribution in [0, 0.1) is 0 Å². The molecule has 0 fully saturated rings. The number of hydrogen-bond donors (Lipinski definition) is 0. The van der Waals surface area contributed by atoms with Gasteiger partial charge in [-0.05, 0) is 57.7 Å². The Bertz CT molecular complexity index is 2280. The smallest absolute Gasteiger partial charge is 0.320 e. The summed E-state index contributed by atoms with van der Waals surface area (Å²) in [4.78, 5) is 17.5. The second kappa shape index (κ2) is 11.8. The molecule has 6 aromatic carbocycles. The van der Waals surface area contributed by atoms with E-state index in [0.717, 1.165) is 33.5 Å². The molecule has 224 valence electrons. The molecule has 1 aromatic heterocycles. The fraction of sp³-hybridized carbons (Fsp3) is 0. The lowest BCUT2D eigenvalue weighted by atomic mass is 9.49. The Kier molecular flexibility index (Phi) is 6.87. The molecule has 2 aliphatic heterocycles. The maximum Gasteiger partial charge on any atom is 0.320 e. The zero-order valence-corrected chi connectivity index (χ0v) is 26.1. The fourth-order valence-electron chi connectivity index (χ4n) is 6.85. The number of nitrogens with zero attached hydrogens (tertiary/aromatic N) is 4. The first kappa shape index (κ1) is 27.9. The van der Waals surface area contributed by atoms with Crippen LogP contribution in [0.1, 0.15) is 0 Å². The summed E-state index contributed by atoms with van der Waals surface area (Å²) < 4.78 is 0. The third-order valence-corrected chi connectivity index (χ3v) is 9.14. The van der Waals surface area contributed by atoms with E-state index in [1.54, 1.807) is 0 Å². The molecule has 0 N–H and O–H groups in total. The zero-order valence-electron chi connectivity index (χ0n) is 26.1. The highest BCUT2D eigenvalue weighted by Crippen LogP contribution is 2.46. The molecular formula is C43H29BN4. The minimum absolute atomic E-state index is 0.0538. The maximum atomic E-state index is 5.10. The molecule has 0 saturated carbocycles. The van der Waals surface area contributed by atoms with Crippen molar-refractivity contribution in [3.8, 4) is 67.5 Å². The molecule has 4 nitrogen and oxygen atoms in total. The Balaban J connectivity index is 1.30. The van der Waals surface area contributed by atoms with Crippen molar-refractivity contribution in [1.82, 2.24) is 15.0 Å². The van der Waals surface area contributed by atoms with Crippen LogP contribution in [0.3, 0.4) is 0 Å². The van der Waals surface area contributed by atoms with Crippen molar-refractivity contribution in [3.05, 3.63) is 176 Å². The minimum Gasteiger partial charge on any atom is -0.383 e. The molecule has 3 heterocycles. The highest BCUT2D eigenvalue weighted by Gasteiger charge is 2.35. The van der Waals surface area contributed by atoms with E-state index in [0.29, 0.717) is 17.5 Å². The van der Waals surface area contributed by atoms with Crippen LogP contribution < -0.4 is 10.3 Å². The van der Waals surface area contributed by atoms with Gasteiger partial charge in [-0.3, -0.25) is 0 Å². The molecule has 48 heavy (non-hydrogen) atoms. The van der Waals surface area contributed by atoms with Crippen LogP contribution in [0.4, 0.5) is 5.69 Å². The molecule has 0 atom stereocenters. The van der Waals surface area contributed by atoms with E-state index in [-0.39, 0.29) is 6.85 Å². The number of rotatable bonds is 5. The van der Waals surface area contributed by atoms with Gasteiger partial charge in [-0.2, -0.15) is 0 Å². The van der Waals surface area contributed by atoms with E-state index < -0.39 is 0 Å². The van der Waals surface area contributed by atoms with Crippen LogP contribution in [0.2, 0.25) is 0 Å². The molecule has 5 heteroatoms. The van der Waals surface area contributed by atoms with Gasteiger partial charge >= 0.3 is 6.85 Å². The minimum atomic E-state index is 0.0538. The molecule has 2 aliphatic rings. The number of aromatic nitrogens is 3.